The van der Waals surface area contributed by atoms with Crippen LogP contribution in [0, 0.1) is 5.92 Å². The largest absolute Gasteiger partial charge is 0.369 e. The van der Waals surface area contributed by atoms with Crippen molar-refractivity contribution in [1.82, 2.24) is 0 Å². The second kappa shape index (κ2) is 8.54. The number of hydrogen-bond donors (Lipinski definition) is 1. The summed E-state index contributed by atoms with van der Waals surface area (Å²) >= 11 is 0. The summed E-state index contributed by atoms with van der Waals surface area (Å²) in [5.74, 6) is -0.0903. The van der Waals surface area contributed by atoms with Crippen LogP contribution in [-0.2, 0) is 4.79 Å². The quantitative estimate of drug-likeness (QED) is 0.469. The maximum atomic E-state index is 10.9. The van der Waals surface area contributed by atoms with Gasteiger partial charge in [0.05, 0.1) is 0 Å². The van der Waals surface area contributed by atoms with Crippen LogP contribution in [0.2, 0.25) is 0 Å². The molecule has 0 aliphatic rings. The lowest BCUT2D eigenvalue weighted by Gasteiger charge is -2.09. The van der Waals surface area contributed by atoms with Crippen LogP contribution in [0.25, 0.3) is 0 Å². The number of carbonyl (C=O) groups is 1. The molecule has 2 heteroatoms. The molecule has 0 radical (unpaired) electrons. The van der Waals surface area contributed by atoms with Crippen LogP contribution in [0.5, 0.6) is 0 Å². The molecule has 0 spiro atoms. The highest BCUT2D eigenvalue weighted by Crippen LogP contribution is 2.12. The summed E-state index contributed by atoms with van der Waals surface area (Å²) in [6, 6.07) is 0. The molecule has 0 fully saturated rings. The Labute approximate surface area is 86.9 Å². The van der Waals surface area contributed by atoms with Gasteiger partial charge in [0, 0.05) is 5.92 Å². The van der Waals surface area contributed by atoms with Crippen LogP contribution < -0.4 is 5.73 Å². The number of amides is 1. The summed E-state index contributed by atoms with van der Waals surface area (Å²) in [5, 5.41) is 0. The molecule has 0 bridgehead atoms. The van der Waals surface area contributed by atoms with Crippen LogP contribution in [0.15, 0.2) is 24.8 Å². The molecule has 0 aromatic carbocycles. The Balaban J connectivity index is 3.47. The SMILES string of the molecule is C=CC=CCCCCC(CC)C(N)=O. The zero-order valence-corrected chi connectivity index (χ0v) is 9.04. The van der Waals surface area contributed by atoms with Crippen molar-refractivity contribution in [2.24, 2.45) is 11.7 Å². The summed E-state index contributed by atoms with van der Waals surface area (Å²) in [4.78, 5) is 10.9. The Hall–Kier alpha value is -1.05. The third-order valence-corrected chi connectivity index (χ3v) is 2.34. The van der Waals surface area contributed by atoms with Gasteiger partial charge >= 0.3 is 0 Å². The summed E-state index contributed by atoms with van der Waals surface area (Å²) in [7, 11) is 0. The van der Waals surface area contributed by atoms with E-state index in [2.05, 4.69) is 12.7 Å². The predicted molar refractivity (Wildman–Crippen MR) is 60.8 cm³/mol. The molecule has 0 aromatic heterocycles. The second-order valence-corrected chi connectivity index (χ2v) is 3.46. The van der Waals surface area contributed by atoms with Crippen LogP contribution in [0.4, 0.5) is 0 Å². The van der Waals surface area contributed by atoms with Crippen molar-refractivity contribution in [3.05, 3.63) is 24.8 Å². The van der Waals surface area contributed by atoms with Crippen molar-refractivity contribution in [2.45, 2.75) is 39.0 Å². The first-order chi connectivity index (χ1) is 6.72. The fraction of sp³-hybridized carbons (Fsp3) is 0.583. The monoisotopic (exact) mass is 195 g/mol. The third kappa shape index (κ3) is 6.46. The van der Waals surface area contributed by atoms with E-state index < -0.39 is 0 Å². The lowest BCUT2D eigenvalue weighted by molar-refractivity contribution is -0.122. The van der Waals surface area contributed by atoms with E-state index in [1.54, 1.807) is 6.08 Å². The molecule has 0 saturated heterocycles. The molecule has 0 aromatic rings. The standard InChI is InChI=1S/C12H21NO/c1-3-5-6-7-8-9-10-11(4-2)12(13)14/h3,5-6,11H,1,4,7-10H2,2H3,(H2,13,14). The summed E-state index contributed by atoms with van der Waals surface area (Å²) in [6.07, 6.45) is 10.9. The minimum absolute atomic E-state index is 0.0679. The van der Waals surface area contributed by atoms with Crippen LogP contribution in [-0.4, -0.2) is 5.91 Å². The van der Waals surface area contributed by atoms with E-state index in [-0.39, 0.29) is 11.8 Å². The fourth-order valence-electron chi connectivity index (χ4n) is 1.39. The number of carbonyl (C=O) groups excluding carboxylic acids is 1. The summed E-state index contributed by atoms with van der Waals surface area (Å²) in [6.45, 7) is 5.60. The van der Waals surface area contributed by atoms with Gasteiger partial charge in [-0.15, -0.1) is 0 Å². The van der Waals surface area contributed by atoms with E-state index in [1.807, 2.05) is 13.0 Å². The van der Waals surface area contributed by atoms with E-state index in [1.165, 1.54) is 0 Å². The van der Waals surface area contributed by atoms with Gasteiger partial charge in [-0.3, -0.25) is 4.79 Å². The highest BCUT2D eigenvalue weighted by molar-refractivity contribution is 5.76. The number of primary amides is 1. The lowest BCUT2D eigenvalue weighted by atomic mass is 9.98. The van der Waals surface area contributed by atoms with Gasteiger partial charge in [-0.1, -0.05) is 38.2 Å². The van der Waals surface area contributed by atoms with Gasteiger partial charge in [-0.2, -0.15) is 0 Å². The van der Waals surface area contributed by atoms with E-state index in [0.717, 1.165) is 32.1 Å². The summed E-state index contributed by atoms with van der Waals surface area (Å²) in [5.41, 5.74) is 5.24. The Kier molecular flexibility index (Phi) is 7.90. The average Bonchev–Trinajstić information content (AvgIpc) is 2.16. The molecule has 2 N–H and O–H groups in total. The first kappa shape index (κ1) is 12.9. The van der Waals surface area contributed by atoms with Crippen LogP contribution >= 0.6 is 0 Å². The molecule has 2 nitrogen and oxygen atoms in total. The molecule has 80 valence electrons. The highest BCUT2D eigenvalue weighted by Gasteiger charge is 2.11. The minimum Gasteiger partial charge on any atom is -0.369 e. The molecular weight excluding hydrogens is 174 g/mol. The van der Waals surface area contributed by atoms with Gasteiger partial charge in [0.1, 0.15) is 0 Å². The molecule has 0 rings (SSSR count). The van der Waals surface area contributed by atoms with E-state index in [0.29, 0.717) is 0 Å². The van der Waals surface area contributed by atoms with Gasteiger partial charge in [-0.05, 0) is 25.7 Å². The van der Waals surface area contributed by atoms with Crippen molar-refractivity contribution in [3.8, 4) is 0 Å². The Morgan fingerprint density at radius 3 is 2.71 bits per heavy atom. The van der Waals surface area contributed by atoms with Gasteiger partial charge < -0.3 is 5.73 Å². The van der Waals surface area contributed by atoms with Gasteiger partial charge in [0.2, 0.25) is 5.91 Å². The van der Waals surface area contributed by atoms with E-state index in [4.69, 9.17) is 5.73 Å². The molecule has 0 aliphatic carbocycles. The lowest BCUT2D eigenvalue weighted by Crippen LogP contribution is -2.22. The smallest absolute Gasteiger partial charge is 0.220 e. The van der Waals surface area contributed by atoms with Crippen LogP contribution in [0.1, 0.15) is 39.0 Å². The fourth-order valence-corrected chi connectivity index (χ4v) is 1.39. The van der Waals surface area contributed by atoms with Gasteiger partial charge in [0.15, 0.2) is 0 Å². The molecular formula is C12H21NO. The van der Waals surface area contributed by atoms with Gasteiger partial charge in [0.25, 0.3) is 0 Å². The first-order valence-electron chi connectivity index (χ1n) is 5.29. The molecule has 1 amide bonds. The molecule has 0 saturated carbocycles. The Morgan fingerprint density at radius 1 is 1.50 bits per heavy atom. The van der Waals surface area contributed by atoms with Crippen molar-refractivity contribution >= 4 is 5.91 Å². The van der Waals surface area contributed by atoms with E-state index >= 15 is 0 Å². The maximum Gasteiger partial charge on any atom is 0.220 e. The molecule has 0 heterocycles. The molecule has 0 aliphatic heterocycles. The van der Waals surface area contributed by atoms with E-state index in [9.17, 15) is 4.79 Å². The second-order valence-electron chi connectivity index (χ2n) is 3.46. The van der Waals surface area contributed by atoms with Gasteiger partial charge in [-0.25, -0.2) is 0 Å². The molecule has 1 atom stereocenters. The molecule has 14 heavy (non-hydrogen) atoms. The maximum absolute atomic E-state index is 10.9. The average molecular weight is 195 g/mol. The minimum atomic E-state index is -0.158. The Bertz CT molecular complexity index is 196. The number of rotatable bonds is 8. The number of allylic oxidation sites excluding steroid dienone is 3. The number of nitrogens with two attached hydrogens (primary N) is 1. The topological polar surface area (TPSA) is 43.1 Å². The number of hydrogen-bond acceptors (Lipinski definition) is 1. The number of unbranched alkanes of at least 4 members (excludes halogenated alkanes) is 2. The van der Waals surface area contributed by atoms with Crippen molar-refractivity contribution in [3.63, 3.8) is 0 Å². The third-order valence-electron chi connectivity index (χ3n) is 2.34. The molecule has 1 unspecified atom stereocenters. The zero-order chi connectivity index (χ0) is 10.8. The van der Waals surface area contributed by atoms with Crippen molar-refractivity contribution < 1.29 is 4.79 Å². The van der Waals surface area contributed by atoms with Crippen molar-refractivity contribution in [1.29, 1.82) is 0 Å². The first-order valence-corrected chi connectivity index (χ1v) is 5.29. The zero-order valence-electron chi connectivity index (χ0n) is 9.04. The predicted octanol–water partition coefficient (Wildman–Crippen LogP) is 2.80. The highest BCUT2D eigenvalue weighted by atomic mass is 16.1. The van der Waals surface area contributed by atoms with Crippen LogP contribution in [0.3, 0.4) is 0 Å². The Morgan fingerprint density at radius 2 is 2.21 bits per heavy atom. The van der Waals surface area contributed by atoms with Crippen molar-refractivity contribution in [2.75, 3.05) is 0 Å². The normalized spacial score (nSPS) is 12.9. The summed E-state index contributed by atoms with van der Waals surface area (Å²) < 4.78 is 0.